The molecule has 0 atom stereocenters. The Morgan fingerprint density at radius 3 is 2.79 bits per heavy atom. The summed E-state index contributed by atoms with van der Waals surface area (Å²) >= 11 is 12.0. The topological polar surface area (TPSA) is 73.0 Å². The molecule has 0 bridgehead atoms. The zero-order valence-electron chi connectivity index (χ0n) is 14.8. The van der Waals surface area contributed by atoms with Crippen LogP contribution in [0.1, 0.15) is 16.1 Å². The third-order valence-electron chi connectivity index (χ3n) is 4.06. The van der Waals surface area contributed by atoms with Gasteiger partial charge in [-0.25, -0.2) is 4.39 Å². The van der Waals surface area contributed by atoms with Gasteiger partial charge < -0.3 is 9.84 Å². The number of hydrogen-bond acceptors (Lipinski definition) is 4. The molecule has 1 amide bonds. The Hall–Kier alpha value is -3.16. The largest absolute Gasteiger partial charge is 0.355 e. The zero-order valence-corrected chi connectivity index (χ0v) is 16.3. The molecule has 2 heterocycles. The first-order valence-electron chi connectivity index (χ1n) is 8.49. The van der Waals surface area contributed by atoms with Crippen LogP contribution in [0.2, 0.25) is 10.0 Å². The smallest absolute Gasteiger partial charge is 0.279 e. The highest BCUT2D eigenvalue weighted by atomic mass is 35.5. The molecule has 146 valence electrons. The number of nitrogens with zero attached hydrogens (tertiary/aromatic N) is 3. The summed E-state index contributed by atoms with van der Waals surface area (Å²) in [6.07, 6.45) is 1.68. The Labute approximate surface area is 174 Å². The number of amides is 1. The minimum atomic E-state index is -0.485. The Balaban J connectivity index is 1.45. The van der Waals surface area contributed by atoms with Crippen LogP contribution in [0.15, 0.2) is 65.3 Å². The van der Waals surface area contributed by atoms with E-state index in [0.717, 1.165) is 5.56 Å². The van der Waals surface area contributed by atoms with E-state index in [1.807, 2.05) is 0 Å². The molecule has 1 N–H and O–H groups in total. The minimum absolute atomic E-state index is 0.0747. The maximum atomic E-state index is 13.3. The van der Waals surface area contributed by atoms with Crippen molar-refractivity contribution < 1.29 is 13.7 Å². The van der Waals surface area contributed by atoms with Crippen LogP contribution in [0.3, 0.4) is 0 Å². The molecule has 0 fully saturated rings. The van der Waals surface area contributed by atoms with E-state index in [4.69, 9.17) is 27.7 Å². The molecule has 0 unspecified atom stereocenters. The first-order chi connectivity index (χ1) is 14.0. The van der Waals surface area contributed by atoms with Crippen LogP contribution in [-0.4, -0.2) is 20.8 Å². The Bertz CT molecular complexity index is 1190. The second kappa shape index (κ2) is 8.06. The first-order valence-corrected chi connectivity index (χ1v) is 9.25. The van der Waals surface area contributed by atoms with Gasteiger partial charge in [-0.2, -0.15) is 5.10 Å². The maximum Gasteiger partial charge on any atom is 0.279 e. The number of anilines is 1. The number of hydrogen-bond donors (Lipinski definition) is 1. The quantitative estimate of drug-likeness (QED) is 0.467. The number of carbonyl (C=O) groups is 1. The van der Waals surface area contributed by atoms with Crippen LogP contribution in [-0.2, 0) is 6.54 Å². The van der Waals surface area contributed by atoms with E-state index >= 15 is 0 Å². The minimum Gasteiger partial charge on any atom is -0.355 e. The van der Waals surface area contributed by atoms with Crippen molar-refractivity contribution >= 4 is 34.9 Å². The lowest BCUT2D eigenvalue weighted by atomic mass is 10.1. The van der Waals surface area contributed by atoms with Gasteiger partial charge in [0.15, 0.2) is 17.3 Å². The van der Waals surface area contributed by atoms with Crippen molar-refractivity contribution in [2.45, 2.75) is 6.54 Å². The summed E-state index contributed by atoms with van der Waals surface area (Å²) < 4.78 is 20.1. The van der Waals surface area contributed by atoms with Crippen LogP contribution >= 0.6 is 23.2 Å². The van der Waals surface area contributed by atoms with Gasteiger partial charge in [-0.15, -0.1) is 0 Å². The molecular weight excluding hydrogens is 418 g/mol. The normalized spacial score (nSPS) is 10.9. The van der Waals surface area contributed by atoms with Gasteiger partial charge in [0, 0.05) is 28.9 Å². The van der Waals surface area contributed by atoms with Crippen LogP contribution in [0.25, 0.3) is 11.3 Å². The van der Waals surface area contributed by atoms with Crippen molar-refractivity contribution in [2.75, 3.05) is 5.32 Å². The number of rotatable bonds is 5. The SMILES string of the molecule is O=C(Nc1ccn(Cc2cccc(F)c2)n1)c1cc(-c2ccc(Cl)cc2Cl)on1. The first kappa shape index (κ1) is 19.2. The van der Waals surface area contributed by atoms with Crippen LogP contribution < -0.4 is 5.32 Å². The van der Waals surface area contributed by atoms with E-state index in [-0.39, 0.29) is 11.5 Å². The monoisotopic (exact) mass is 430 g/mol. The van der Waals surface area contributed by atoms with E-state index in [9.17, 15) is 9.18 Å². The summed E-state index contributed by atoms with van der Waals surface area (Å²) in [7, 11) is 0. The molecule has 0 saturated heterocycles. The van der Waals surface area contributed by atoms with Gasteiger partial charge in [-0.1, -0.05) is 40.5 Å². The predicted octanol–water partition coefficient (Wildman–Crippen LogP) is 5.28. The molecule has 2 aromatic heterocycles. The summed E-state index contributed by atoms with van der Waals surface area (Å²) in [5.41, 5.74) is 1.40. The maximum absolute atomic E-state index is 13.3. The lowest BCUT2D eigenvalue weighted by molar-refractivity contribution is 0.101. The van der Waals surface area contributed by atoms with Gasteiger partial charge in [0.1, 0.15) is 5.82 Å². The van der Waals surface area contributed by atoms with E-state index in [1.165, 1.54) is 18.2 Å². The number of nitrogens with one attached hydrogen (secondary N) is 1. The van der Waals surface area contributed by atoms with Crippen LogP contribution in [0.4, 0.5) is 10.2 Å². The van der Waals surface area contributed by atoms with Crippen molar-refractivity contribution in [3.8, 4) is 11.3 Å². The van der Waals surface area contributed by atoms with Crippen molar-refractivity contribution in [3.63, 3.8) is 0 Å². The molecule has 9 heteroatoms. The molecule has 29 heavy (non-hydrogen) atoms. The summed E-state index contributed by atoms with van der Waals surface area (Å²) in [6, 6.07) is 14.3. The predicted molar refractivity (Wildman–Crippen MR) is 108 cm³/mol. The van der Waals surface area contributed by atoms with Gasteiger partial charge in [0.25, 0.3) is 5.91 Å². The van der Waals surface area contributed by atoms with E-state index in [2.05, 4.69) is 15.6 Å². The standard InChI is InChI=1S/C20H13Cl2FN4O2/c21-13-4-5-15(16(22)9-13)18-10-17(26-29-18)20(28)24-19-6-7-27(25-19)11-12-2-1-3-14(23)8-12/h1-10H,11H2,(H,24,25,28). The lowest BCUT2D eigenvalue weighted by Gasteiger charge is -2.02. The Morgan fingerprint density at radius 1 is 1.14 bits per heavy atom. The lowest BCUT2D eigenvalue weighted by Crippen LogP contribution is -2.13. The Morgan fingerprint density at radius 2 is 2.00 bits per heavy atom. The fourth-order valence-electron chi connectivity index (χ4n) is 2.72. The highest BCUT2D eigenvalue weighted by Crippen LogP contribution is 2.30. The van der Waals surface area contributed by atoms with Gasteiger partial charge in [-0.05, 0) is 35.9 Å². The third kappa shape index (κ3) is 4.47. The molecular formula is C20H13Cl2FN4O2. The fraction of sp³-hybridized carbons (Fsp3) is 0.0500. The van der Waals surface area contributed by atoms with E-state index in [0.29, 0.717) is 33.7 Å². The summed E-state index contributed by atoms with van der Waals surface area (Å²) in [4.78, 5) is 12.4. The highest BCUT2D eigenvalue weighted by Gasteiger charge is 2.16. The van der Waals surface area contributed by atoms with Crippen LogP contribution in [0.5, 0.6) is 0 Å². The van der Waals surface area contributed by atoms with E-state index < -0.39 is 5.91 Å². The van der Waals surface area contributed by atoms with Gasteiger partial charge in [0.05, 0.1) is 11.6 Å². The fourth-order valence-corrected chi connectivity index (χ4v) is 3.22. The van der Waals surface area contributed by atoms with Gasteiger partial charge in [-0.3, -0.25) is 9.48 Å². The second-order valence-electron chi connectivity index (χ2n) is 6.18. The average molecular weight is 431 g/mol. The van der Waals surface area contributed by atoms with Gasteiger partial charge >= 0.3 is 0 Å². The van der Waals surface area contributed by atoms with Crippen molar-refractivity contribution in [3.05, 3.63) is 87.9 Å². The van der Waals surface area contributed by atoms with Crippen molar-refractivity contribution in [2.24, 2.45) is 0 Å². The molecule has 0 saturated carbocycles. The van der Waals surface area contributed by atoms with E-state index in [1.54, 1.807) is 47.3 Å². The van der Waals surface area contributed by atoms with Gasteiger partial charge in [0.2, 0.25) is 0 Å². The number of aromatic nitrogens is 3. The second-order valence-corrected chi connectivity index (χ2v) is 7.03. The summed E-state index contributed by atoms with van der Waals surface area (Å²) in [5.74, 6) is -0.124. The molecule has 0 radical (unpaired) electrons. The van der Waals surface area contributed by atoms with Crippen molar-refractivity contribution in [1.29, 1.82) is 0 Å². The number of halogens is 3. The van der Waals surface area contributed by atoms with Crippen molar-refractivity contribution in [1.82, 2.24) is 14.9 Å². The average Bonchev–Trinajstić information content (AvgIpc) is 3.32. The number of carbonyl (C=O) groups excluding carboxylic acids is 1. The highest BCUT2D eigenvalue weighted by molar-refractivity contribution is 6.36. The molecule has 0 aliphatic heterocycles. The molecule has 0 spiro atoms. The number of benzene rings is 2. The zero-order chi connectivity index (χ0) is 20.4. The molecule has 0 aliphatic rings. The third-order valence-corrected chi connectivity index (χ3v) is 4.60. The molecule has 6 nitrogen and oxygen atoms in total. The summed E-state index contributed by atoms with van der Waals surface area (Å²) in [5, 5.41) is 11.6. The molecule has 4 aromatic rings. The molecule has 0 aliphatic carbocycles. The molecule has 2 aromatic carbocycles. The molecule has 4 rings (SSSR count). The summed E-state index contributed by atoms with van der Waals surface area (Å²) in [6.45, 7) is 0.372. The van der Waals surface area contributed by atoms with Crippen LogP contribution in [0, 0.1) is 5.82 Å². The Kier molecular flexibility index (Phi) is 5.33.